The predicted octanol–water partition coefficient (Wildman–Crippen LogP) is 3.70. The molecule has 28 heavy (non-hydrogen) atoms. The quantitative estimate of drug-likeness (QED) is 0.393. The molecule has 1 aliphatic heterocycles. The lowest BCUT2D eigenvalue weighted by Gasteiger charge is -2.35. The van der Waals surface area contributed by atoms with Crippen molar-refractivity contribution in [3.63, 3.8) is 0 Å². The molecular weight excluding hydrogens is 358 g/mol. The molecule has 0 atom stereocenters. The van der Waals surface area contributed by atoms with Gasteiger partial charge in [-0.15, -0.1) is 0 Å². The molecule has 1 amide bonds. The van der Waals surface area contributed by atoms with Crippen LogP contribution in [0.15, 0.2) is 65.1 Å². The van der Waals surface area contributed by atoms with E-state index in [-0.39, 0.29) is 16.5 Å². The topological polar surface area (TPSA) is 79.8 Å². The van der Waals surface area contributed by atoms with Crippen LogP contribution in [-0.2, 0) is 4.79 Å². The van der Waals surface area contributed by atoms with E-state index in [9.17, 15) is 14.9 Å². The standard InChI is InChI=1S/C21H19N3O4/c25-21(10-9-17-15-16-5-1-4-8-20(16)28-17)23-13-11-22(12-14-23)18-6-2-3-7-19(18)24(26)27/h1-10,15H,11-14H2/b10-9+. The maximum atomic E-state index is 12.5. The number of carbonyl (C=O) groups is 1. The van der Waals surface area contributed by atoms with E-state index in [1.165, 1.54) is 12.1 Å². The van der Waals surface area contributed by atoms with Crippen molar-refractivity contribution in [2.45, 2.75) is 0 Å². The number of hydrogen-bond donors (Lipinski definition) is 0. The fourth-order valence-corrected chi connectivity index (χ4v) is 3.40. The first-order chi connectivity index (χ1) is 13.6. The van der Waals surface area contributed by atoms with E-state index in [2.05, 4.69) is 0 Å². The molecule has 1 saturated heterocycles. The maximum Gasteiger partial charge on any atom is 0.292 e. The molecule has 7 heteroatoms. The van der Waals surface area contributed by atoms with Gasteiger partial charge in [0, 0.05) is 43.7 Å². The summed E-state index contributed by atoms with van der Waals surface area (Å²) >= 11 is 0. The van der Waals surface area contributed by atoms with Gasteiger partial charge in [-0.05, 0) is 24.3 Å². The van der Waals surface area contributed by atoms with Crippen molar-refractivity contribution in [2.24, 2.45) is 0 Å². The smallest absolute Gasteiger partial charge is 0.292 e. The zero-order chi connectivity index (χ0) is 19.5. The Morgan fingerprint density at radius 2 is 1.75 bits per heavy atom. The Balaban J connectivity index is 1.39. The van der Waals surface area contributed by atoms with E-state index in [1.54, 1.807) is 29.2 Å². The van der Waals surface area contributed by atoms with Crippen LogP contribution in [0.1, 0.15) is 5.76 Å². The molecule has 3 aromatic rings. The Bertz CT molecular complexity index is 1020. The summed E-state index contributed by atoms with van der Waals surface area (Å²) in [5.74, 6) is 0.538. The number of hydrogen-bond acceptors (Lipinski definition) is 5. The molecule has 2 heterocycles. The molecule has 0 saturated carbocycles. The summed E-state index contributed by atoms with van der Waals surface area (Å²) in [7, 11) is 0. The van der Waals surface area contributed by atoms with Crippen LogP contribution in [0, 0.1) is 10.1 Å². The number of amides is 1. The lowest BCUT2D eigenvalue weighted by Crippen LogP contribution is -2.48. The van der Waals surface area contributed by atoms with E-state index in [1.807, 2.05) is 35.2 Å². The van der Waals surface area contributed by atoms with Crippen LogP contribution in [0.5, 0.6) is 0 Å². The number of para-hydroxylation sites is 3. The number of rotatable bonds is 4. The number of benzene rings is 2. The molecule has 0 bridgehead atoms. The average Bonchev–Trinajstić information content (AvgIpc) is 3.15. The van der Waals surface area contributed by atoms with E-state index in [0.717, 1.165) is 11.0 Å². The van der Waals surface area contributed by atoms with Crippen LogP contribution in [0.4, 0.5) is 11.4 Å². The molecule has 1 aromatic heterocycles. The summed E-state index contributed by atoms with van der Waals surface area (Å²) in [6.45, 7) is 2.12. The number of carbonyl (C=O) groups excluding carboxylic acids is 1. The van der Waals surface area contributed by atoms with Gasteiger partial charge in [-0.2, -0.15) is 0 Å². The molecule has 0 radical (unpaired) electrons. The van der Waals surface area contributed by atoms with Crippen molar-refractivity contribution in [3.05, 3.63) is 76.5 Å². The Hall–Kier alpha value is -3.61. The van der Waals surface area contributed by atoms with E-state index >= 15 is 0 Å². The van der Waals surface area contributed by atoms with Crippen molar-refractivity contribution in [2.75, 3.05) is 31.1 Å². The van der Waals surface area contributed by atoms with Crippen molar-refractivity contribution in [1.82, 2.24) is 4.90 Å². The number of furan rings is 1. The summed E-state index contributed by atoms with van der Waals surface area (Å²) in [5, 5.41) is 12.2. The van der Waals surface area contributed by atoms with E-state index in [0.29, 0.717) is 37.6 Å². The van der Waals surface area contributed by atoms with Gasteiger partial charge in [-0.3, -0.25) is 14.9 Å². The minimum absolute atomic E-state index is 0.0899. The molecule has 0 N–H and O–H groups in total. The number of nitro benzene ring substituents is 1. The molecule has 0 spiro atoms. The second kappa shape index (κ2) is 7.56. The zero-order valence-electron chi connectivity index (χ0n) is 15.2. The monoisotopic (exact) mass is 377 g/mol. The SMILES string of the molecule is O=C(/C=C/c1cc2ccccc2o1)N1CCN(c2ccccc2[N+](=O)[O-])CC1. The molecule has 4 rings (SSSR count). The predicted molar refractivity (Wildman–Crippen MR) is 107 cm³/mol. The van der Waals surface area contributed by atoms with Crippen LogP contribution in [0.2, 0.25) is 0 Å². The van der Waals surface area contributed by atoms with Gasteiger partial charge in [0.05, 0.1) is 4.92 Å². The number of nitro groups is 1. The second-order valence-electron chi connectivity index (χ2n) is 6.58. The second-order valence-corrected chi connectivity index (χ2v) is 6.58. The van der Waals surface area contributed by atoms with Gasteiger partial charge in [0.25, 0.3) is 5.69 Å². The third-order valence-corrected chi connectivity index (χ3v) is 4.85. The number of fused-ring (bicyclic) bond motifs is 1. The summed E-state index contributed by atoms with van der Waals surface area (Å²) < 4.78 is 5.69. The lowest BCUT2D eigenvalue weighted by atomic mass is 10.2. The fraction of sp³-hybridized carbons (Fsp3) is 0.190. The first-order valence-electron chi connectivity index (χ1n) is 9.06. The molecule has 0 aliphatic carbocycles. The highest BCUT2D eigenvalue weighted by molar-refractivity contribution is 5.92. The molecule has 142 valence electrons. The van der Waals surface area contributed by atoms with Crippen LogP contribution >= 0.6 is 0 Å². The molecule has 2 aromatic carbocycles. The van der Waals surface area contributed by atoms with Crippen molar-refractivity contribution in [1.29, 1.82) is 0 Å². The molecule has 1 aliphatic rings. The molecule has 1 fully saturated rings. The van der Waals surface area contributed by atoms with Gasteiger partial charge in [0.1, 0.15) is 17.0 Å². The summed E-state index contributed by atoms with van der Waals surface area (Å²) in [6.07, 6.45) is 3.19. The maximum absolute atomic E-state index is 12.5. The van der Waals surface area contributed by atoms with Gasteiger partial charge < -0.3 is 14.2 Å². The Morgan fingerprint density at radius 3 is 2.50 bits per heavy atom. The number of piperazine rings is 1. The lowest BCUT2D eigenvalue weighted by molar-refractivity contribution is -0.384. The zero-order valence-corrected chi connectivity index (χ0v) is 15.2. The van der Waals surface area contributed by atoms with Crippen molar-refractivity contribution < 1.29 is 14.1 Å². The Labute approximate surface area is 161 Å². The van der Waals surface area contributed by atoms with E-state index < -0.39 is 0 Å². The summed E-state index contributed by atoms with van der Waals surface area (Å²) in [6, 6.07) is 16.3. The highest BCUT2D eigenvalue weighted by Gasteiger charge is 2.24. The van der Waals surface area contributed by atoms with Crippen LogP contribution in [0.3, 0.4) is 0 Å². The van der Waals surface area contributed by atoms with Gasteiger partial charge in [-0.25, -0.2) is 0 Å². The molecule has 0 unspecified atom stereocenters. The highest BCUT2D eigenvalue weighted by Crippen LogP contribution is 2.28. The van der Waals surface area contributed by atoms with Gasteiger partial charge in [-0.1, -0.05) is 30.3 Å². The Kier molecular flexibility index (Phi) is 4.80. The van der Waals surface area contributed by atoms with Gasteiger partial charge in [0.2, 0.25) is 5.91 Å². The van der Waals surface area contributed by atoms with Crippen molar-refractivity contribution in [3.8, 4) is 0 Å². The summed E-state index contributed by atoms with van der Waals surface area (Å²) in [4.78, 5) is 27.0. The van der Waals surface area contributed by atoms with Crippen molar-refractivity contribution >= 4 is 34.3 Å². The van der Waals surface area contributed by atoms with Crippen LogP contribution < -0.4 is 4.90 Å². The average molecular weight is 377 g/mol. The van der Waals surface area contributed by atoms with Crippen LogP contribution in [0.25, 0.3) is 17.0 Å². The minimum Gasteiger partial charge on any atom is -0.457 e. The third-order valence-electron chi connectivity index (χ3n) is 4.85. The molecule has 7 nitrogen and oxygen atoms in total. The minimum atomic E-state index is -0.372. The largest absolute Gasteiger partial charge is 0.457 e. The fourth-order valence-electron chi connectivity index (χ4n) is 3.40. The van der Waals surface area contributed by atoms with Gasteiger partial charge >= 0.3 is 0 Å². The highest BCUT2D eigenvalue weighted by atomic mass is 16.6. The number of anilines is 1. The third kappa shape index (κ3) is 3.59. The first kappa shape index (κ1) is 17.8. The van der Waals surface area contributed by atoms with Gasteiger partial charge in [0.15, 0.2) is 0 Å². The van der Waals surface area contributed by atoms with E-state index in [4.69, 9.17) is 4.42 Å². The van der Waals surface area contributed by atoms with Crippen LogP contribution in [-0.4, -0.2) is 41.9 Å². The molecular formula is C21H19N3O4. The Morgan fingerprint density at radius 1 is 1.04 bits per heavy atom. The summed E-state index contributed by atoms with van der Waals surface area (Å²) in [5.41, 5.74) is 1.47. The number of nitrogens with zero attached hydrogens (tertiary/aromatic N) is 3. The first-order valence-corrected chi connectivity index (χ1v) is 9.06. The normalized spacial score (nSPS) is 14.7.